The quantitative estimate of drug-likeness (QED) is 0.308. The van der Waals surface area contributed by atoms with E-state index >= 15 is 0 Å². The average molecular weight is 440 g/mol. The van der Waals surface area contributed by atoms with Crippen LogP contribution in [0.3, 0.4) is 0 Å². The van der Waals surface area contributed by atoms with Crippen molar-refractivity contribution in [2.75, 3.05) is 17.3 Å². The van der Waals surface area contributed by atoms with E-state index in [0.717, 1.165) is 17.2 Å². The number of hydrogen-bond donors (Lipinski definition) is 2. The van der Waals surface area contributed by atoms with Gasteiger partial charge in [0.25, 0.3) is 15.7 Å². The van der Waals surface area contributed by atoms with Gasteiger partial charge in [-0.2, -0.15) is 5.10 Å². The number of anilines is 2. The fraction of sp³-hybridized carbons (Fsp3) is 0.0952. The smallest absolute Gasteiger partial charge is 0.295 e. The van der Waals surface area contributed by atoms with Crippen molar-refractivity contribution < 1.29 is 18.1 Å². The Hall–Kier alpha value is -3.92. The second-order valence-electron chi connectivity index (χ2n) is 6.53. The van der Waals surface area contributed by atoms with Crippen LogP contribution in [0.4, 0.5) is 17.1 Å². The molecule has 0 spiro atoms. The Bertz CT molecular complexity index is 1240. The van der Waals surface area contributed by atoms with Crippen LogP contribution in [0.25, 0.3) is 0 Å². The number of nitrogens with one attached hydrogen (secondary N) is 2. The first kappa shape index (κ1) is 21.8. The summed E-state index contributed by atoms with van der Waals surface area (Å²) in [6.07, 6.45) is 1.52. The zero-order valence-corrected chi connectivity index (χ0v) is 17.6. The molecule has 0 aliphatic carbocycles. The molecular formula is C21H20N4O5S. The summed E-state index contributed by atoms with van der Waals surface area (Å²) in [5.41, 5.74) is 4.32. The molecule has 3 rings (SSSR count). The summed E-state index contributed by atoms with van der Waals surface area (Å²) in [5, 5.41) is 15.5. The van der Waals surface area contributed by atoms with E-state index in [1.54, 1.807) is 18.2 Å². The number of nitro benzene ring substituents is 1. The van der Waals surface area contributed by atoms with Crippen molar-refractivity contribution in [1.29, 1.82) is 0 Å². The molecule has 9 nitrogen and oxygen atoms in total. The Morgan fingerprint density at radius 1 is 1.03 bits per heavy atom. The first-order valence-electron chi connectivity index (χ1n) is 9.10. The molecule has 0 fully saturated rings. The summed E-state index contributed by atoms with van der Waals surface area (Å²) in [5.74, 6) is 0.323. The molecule has 2 N–H and O–H groups in total. The fourth-order valence-electron chi connectivity index (χ4n) is 2.78. The van der Waals surface area contributed by atoms with Gasteiger partial charge in [-0.05, 0) is 36.8 Å². The van der Waals surface area contributed by atoms with Gasteiger partial charge in [-0.15, -0.1) is 0 Å². The third kappa shape index (κ3) is 5.37. The van der Waals surface area contributed by atoms with Crippen molar-refractivity contribution in [1.82, 2.24) is 0 Å². The molecular weight excluding hydrogens is 420 g/mol. The lowest BCUT2D eigenvalue weighted by Gasteiger charge is -2.12. The SMILES string of the molecule is COc1ccccc1NS(=O)(=O)c1ccc(N/N=C\c2cccc(C)c2)c([N+](=O)[O-])c1. The van der Waals surface area contributed by atoms with Crippen molar-refractivity contribution >= 4 is 33.3 Å². The third-order valence-electron chi connectivity index (χ3n) is 4.27. The van der Waals surface area contributed by atoms with E-state index in [0.29, 0.717) is 5.75 Å². The van der Waals surface area contributed by atoms with Crippen LogP contribution < -0.4 is 14.9 Å². The molecule has 0 aliphatic heterocycles. The highest BCUT2D eigenvalue weighted by atomic mass is 32.2. The number of methoxy groups -OCH3 is 1. The van der Waals surface area contributed by atoms with Crippen molar-refractivity contribution in [3.8, 4) is 5.75 Å². The number of ether oxygens (including phenoxy) is 1. The van der Waals surface area contributed by atoms with E-state index < -0.39 is 20.6 Å². The van der Waals surface area contributed by atoms with E-state index in [9.17, 15) is 18.5 Å². The summed E-state index contributed by atoms with van der Waals surface area (Å²) in [7, 11) is -2.68. The molecule has 0 heterocycles. The number of para-hydroxylation sites is 2. The summed E-state index contributed by atoms with van der Waals surface area (Å²) >= 11 is 0. The summed E-state index contributed by atoms with van der Waals surface area (Å²) in [4.78, 5) is 10.6. The molecule has 0 unspecified atom stereocenters. The van der Waals surface area contributed by atoms with Crippen LogP contribution in [0.2, 0.25) is 0 Å². The van der Waals surface area contributed by atoms with Gasteiger partial charge in [0, 0.05) is 6.07 Å². The normalized spacial score (nSPS) is 11.3. The topological polar surface area (TPSA) is 123 Å². The number of sulfonamides is 1. The standard InChI is InChI=1S/C21H20N4O5S/c1-15-6-5-7-16(12-15)14-22-23-18-11-10-17(13-20(18)25(26)27)31(28,29)24-19-8-3-4-9-21(19)30-2/h3-14,23-24H,1-2H3/b22-14-. The first-order valence-corrected chi connectivity index (χ1v) is 10.6. The second kappa shape index (κ2) is 9.26. The average Bonchev–Trinajstić information content (AvgIpc) is 2.74. The molecule has 31 heavy (non-hydrogen) atoms. The minimum atomic E-state index is -4.09. The van der Waals surface area contributed by atoms with E-state index in [2.05, 4.69) is 15.2 Å². The van der Waals surface area contributed by atoms with Gasteiger partial charge in [0.2, 0.25) is 0 Å². The molecule has 0 bridgehead atoms. The van der Waals surface area contributed by atoms with Gasteiger partial charge in [-0.1, -0.05) is 42.0 Å². The second-order valence-corrected chi connectivity index (χ2v) is 8.21. The predicted octanol–water partition coefficient (Wildman–Crippen LogP) is 4.16. The highest BCUT2D eigenvalue weighted by Crippen LogP contribution is 2.30. The van der Waals surface area contributed by atoms with Crippen LogP contribution in [0, 0.1) is 17.0 Å². The Morgan fingerprint density at radius 2 is 1.81 bits per heavy atom. The van der Waals surface area contributed by atoms with E-state index in [1.165, 1.54) is 31.5 Å². The summed E-state index contributed by atoms with van der Waals surface area (Å²) in [6, 6.07) is 17.5. The largest absolute Gasteiger partial charge is 0.495 e. The molecule has 160 valence electrons. The third-order valence-corrected chi connectivity index (χ3v) is 5.63. The molecule has 3 aromatic carbocycles. The van der Waals surface area contributed by atoms with Gasteiger partial charge in [0.05, 0.1) is 28.8 Å². The molecule has 0 aromatic heterocycles. The first-order chi connectivity index (χ1) is 14.8. The number of hydrazone groups is 1. The van der Waals surface area contributed by atoms with Crippen molar-refractivity contribution in [3.05, 3.63) is 88.0 Å². The van der Waals surface area contributed by atoms with Crippen molar-refractivity contribution in [2.45, 2.75) is 11.8 Å². The van der Waals surface area contributed by atoms with Crippen LogP contribution in [0.5, 0.6) is 5.75 Å². The number of hydrogen-bond acceptors (Lipinski definition) is 7. The fourth-order valence-corrected chi connectivity index (χ4v) is 3.87. The van der Waals surface area contributed by atoms with Gasteiger partial charge in [0.15, 0.2) is 0 Å². The molecule has 0 saturated carbocycles. The van der Waals surface area contributed by atoms with Crippen LogP contribution in [0.15, 0.2) is 76.7 Å². The number of nitrogens with zero attached hydrogens (tertiary/aromatic N) is 2. The number of benzene rings is 3. The van der Waals surface area contributed by atoms with Crippen LogP contribution >= 0.6 is 0 Å². The molecule has 0 saturated heterocycles. The number of nitro groups is 1. The zero-order valence-electron chi connectivity index (χ0n) is 16.8. The lowest BCUT2D eigenvalue weighted by atomic mass is 10.2. The van der Waals surface area contributed by atoms with E-state index in [-0.39, 0.29) is 16.3 Å². The van der Waals surface area contributed by atoms with Crippen molar-refractivity contribution in [3.63, 3.8) is 0 Å². The van der Waals surface area contributed by atoms with Crippen LogP contribution in [0.1, 0.15) is 11.1 Å². The van der Waals surface area contributed by atoms with Gasteiger partial charge < -0.3 is 4.74 Å². The van der Waals surface area contributed by atoms with Crippen molar-refractivity contribution in [2.24, 2.45) is 5.10 Å². The number of rotatable bonds is 8. The number of aryl methyl sites for hydroxylation is 1. The van der Waals surface area contributed by atoms with E-state index in [4.69, 9.17) is 4.74 Å². The maximum Gasteiger partial charge on any atom is 0.295 e. The van der Waals surface area contributed by atoms with Gasteiger partial charge in [-0.3, -0.25) is 20.3 Å². The molecule has 0 radical (unpaired) electrons. The minimum Gasteiger partial charge on any atom is -0.495 e. The Kier molecular flexibility index (Phi) is 6.51. The highest BCUT2D eigenvalue weighted by molar-refractivity contribution is 7.92. The Labute approximate surface area is 179 Å². The van der Waals surface area contributed by atoms with Gasteiger partial charge in [-0.25, -0.2) is 8.42 Å². The monoisotopic (exact) mass is 440 g/mol. The maximum atomic E-state index is 12.7. The Balaban J connectivity index is 1.86. The van der Waals surface area contributed by atoms with Crippen LogP contribution in [-0.2, 0) is 10.0 Å². The minimum absolute atomic E-state index is 0.0603. The highest BCUT2D eigenvalue weighted by Gasteiger charge is 2.22. The molecule has 0 aliphatic rings. The molecule has 0 amide bonds. The molecule has 3 aromatic rings. The van der Waals surface area contributed by atoms with E-state index in [1.807, 2.05) is 31.2 Å². The maximum absolute atomic E-state index is 12.7. The Morgan fingerprint density at radius 3 is 2.52 bits per heavy atom. The van der Waals surface area contributed by atoms with Gasteiger partial charge >= 0.3 is 0 Å². The molecule has 0 atom stereocenters. The predicted molar refractivity (Wildman–Crippen MR) is 119 cm³/mol. The molecule has 10 heteroatoms. The summed E-state index contributed by atoms with van der Waals surface area (Å²) in [6.45, 7) is 1.94. The lowest BCUT2D eigenvalue weighted by Crippen LogP contribution is -2.14. The van der Waals surface area contributed by atoms with Crippen LogP contribution in [-0.4, -0.2) is 26.7 Å². The van der Waals surface area contributed by atoms with Gasteiger partial charge in [0.1, 0.15) is 11.4 Å². The summed E-state index contributed by atoms with van der Waals surface area (Å²) < 4.78 is 33.0. The zero-order chi connectivity index (χ0) is 22.4. The lowest BCUT2D eigenvalue weighted by molar-refractivity contribution is -0.384.